The molecule has 17 heavy (non-hydrogen) atoms. The van der Waals surface area contributed by atoms with Crippen molar-refractivity contribution >= 4 is 0 Å². The fraction of sp³-hybridized carbons (Fsp3) is 0.100. The number of benzene rings is 1. The Kier molecular flexibility index (Phi) is 2.84. The monoisotopic (exact) mass is 236 g/mol. The van der Waals surface area contributed by atoms with E-state index >= 15 is 0 Å². The number of H-pyrrole nitrogens is 1. The van der Waals surface area contributed by atoms with Crippen molar-refractivity contribution in [2.45, 2.75) is 6.54 Å². The molecule has 0 aliphatic heterocycles. The van der Waals surface area contributed by atoms with Crippen LogP contribution in [0.15, 0.2) is 33.9 Å². The molecule has 0 bridgehead atoms. The van der Waals surface area contributed by atoms with Gasteiger partial charge in [0, 0.05) is 6.54 Å². The lowest BCUT2D eigenvalue weighted by molar-refractivity contribution is 0.625. The summed E-state index contributed by atoms with van der Waals surface area (Å²) in [5.74, 6) is -0.426. The number of aromatic amines is 1. The van der Waals surface area contributed by atoms with Gasteiger partial charge in [0.2, 0.25) is 0 Å². The van der Waals surface area contributed by atoms with Crippen molar-refractivity contribution in [1.82, 2.24) is 14.8 Å². The number of nitrogens with two attached hydrogens (primary N) is 1. The number of nitrogens with one attached hydrogen (secondary N) is 1. The first-order valence-electron chi connectivity index (χ1n) is 4.80. The van der Waals surface area contributed by atoms with E-state index in [1.54, 1.807) is 0 Å². The largest absolute Gasteiger partial charge is 0.349 e. The van der Waals surface area contributed by atoms with Crippen LogP contribution in [0.4, 0.5) is 4.39 Å². The first kappa shape index (κ1) is 11.2. The van der Waals surface area contributed by atoms with Gasteiger partial charge >= 0.3 is 5.69 Å². The van der Waals surface area contributed by atoms with Gasteiger partial charge in [0.25, 0.3) is 5.56 Å². The quantitative estimate of drug-likeness (QED) is 0.736. The van der Waals surface area contributed by atoms with E-state index in [0.29, 0.717) is 5.69 Å². The number of aromatic nitrogens is 3. The zero-order chi connectivity index (χ0) is 12.4. The third kappa shape index (κ3) is 2.13. The van der Waals surface area contributed by atoms with Crippen LogP contribution in [-0.2, 0) is 6.54 Å². The second-order valence-corrected chi connectivity index (χ2v) is 3.30. The third-order valence-electron chi connectivity index (χ3n) is 2.16. The number of halogens is 1. The molecule has 0 aliphatic carbocycles. The van der Waals surface area contributed by atoms with Crippen molar-refractivity contribution in [3.63, 3.8) is 0 Å². The van der Waals surface area contributed by atoms with E-state index in [2.05, 4.69) is 10.1 Å². The summed E-state index contributed by atoms with van der Waals surface area (Å²) in [7, 11) is 0. The van der Waals surface area contributed by atoms with Crippen LogP contribution in [0.3, 0.4) is 0 Å². The lowest BCUT2D eigenvalue weighted by Gasteiger charge is -2.04. The molecule has 0 saturated carbocycles. The van der Waals surface area contributed by atoms with Gasteiger partial charge in [-0.3, -0.25) is 9.78 Å². The van der Waals surface area contributed by atoms with Crippen molar-refractivity contribution in [2.75, 3.05) is 0 Å². The summed E-state index contributed by atoms with van der Waals surface area (Å²) in [6, 6.07) is 5.14. The molecule has 0 atom stereocenters. The second kappa shape index (κ2) is 4.30. The molecule has 0 unspecified atom stereocenters. The molecule has 1 heterocycles. The van der Waals surface area contributed by atoms with Crippen molar-refractivity contribution in [1.29, 1.82) is 0 Å². The minimum Gasteiger partial charge on any atom is -0.325 e. The molecule has 6 nitrogen and oxygen atoms in total. The molecule has 0 saturated heterocycles. The average molecular weight is 236 g/mol. The summed E-state index contributed by atoms with van der Waals surface area (Å²) in [5.41, 5.74) is 4.39. The Hall–Kier alpha value is -2.28. The number of hydrogen-bond donors (Lipinski definition) is 2. The van der Waals surface area contributed by atoms with E-state index in [0.717, 1.165) is 4.68 Å². The first-order valence-corrected chi connectivity index (χ1v) is 4.80. The minimum absolute atomic E-state index is 0.0360. The Bertz CT molecular complexity index is 645. The zero-order valence-electron chi connectivity index (χ0n) is 8.68. The molecule has 2 aromatic rings. The molecule has 88 valence electrons. The van der Waals surface area contributed by atoms with Gasteiger partial charge in [0.1, 0.15) is 11.5 Å². The Balaban J connectivity index is 2.63. The van der Waals surface area contributed by atoms with Crippen LogP contribution in [0, 0.1) is 5.82 Å². The summed E-state index contributed by atoms with van der Waals surface area (Å²) in [4.78, 5) is 24.8. The number of hydrogen-bond acceptors (Lipinski definition) is 4. The van der Waals surface area contributed by atoms with Crippen LogP contribution in [0.1, 0.15) is 5.69 Å². The van der Waals surface area contributed by atoms with Crippen molar-refractivity contribution < 1.29 is 4.39 Å². The third-order valence-corrected chi connectivity index (χ3v) is 2.16. The number of rotatable bonds is 2. The lowest BCUT2D eigenvalue weighted by Crippen LogP contribution is -2.34. The molecule has 3 N–H and O–H groups in total. The maximum absolute atomic E-state index is 12.7. The first-order chi connectivity index (χ1) is 8.11. The minimum atomic E-state index is -0.696. The highest BCUT2D eigenvalue weighted by Crippen LogP contribution is 2.04. The van der Waals surface area contributed by atoms with Crippen LogP contribution in [0.5, 0.6) is 0 Å². The summed E-state index contributed by atoms with van der Waals surface area (Å²) in [6.07, 6.45) is 0. The highest BCUT2D eigenvalue weighted by atomic mass is 19.1. The highest BCUT2D eigenvalue weighted by molar-refractivity contribution is 5.30. The Labute approximate surface area is 94.5 Å². The van der Waals surface area contributed by atoms with Gasteiger partial charge in [0.05, 0.1) is 5.69 Å². The molecule has 2 rings (SSSR count). The average Bonchev–Trinajstić information content (AvgIpc) is 2.31. The van der Waals surface area contributed by atoms with Gasteiger partial charge in [-0.25, -0.2) is 9.18 Å². The van der Waals surface area contributed by atoms with Crippen molar-refractivity contribution in [3.05, 3.63) is 56.6 Å². The van der Waals surface area contributed by atoms with Gasteiger partial charge in [-0.1, -0.05) is 0 Å². The Morgan fingerprint density at radius 1 is 1.29 bits per heavy atom. The number of nitrogens with zero attached hydrogens (tertiary/aromatic N) is 2. The zero-order valence-corrected chi connectivity index (χ0v) is 8.68. The summed E-state index contributed by atoms with van der Waals surface area (Å²) in [6.45, 7) is -0.0865. The fourth-order valence-electron chi connectivity index (χ4n) is 1.32. The van der Waals surface area contributed by atoms with Crippen molar-refractivity contribution in [3.8, 4) is 5.69 Å². The fourth-order valence-corrected chi connectivity index (χ4v) is 1.32. The van der Waals surface area contributed by atoms with Gasteiger partial charge in [0.15, 0.2) is 0 Å². The van der Waals surface area contributed by atoms with E-state index in [1.165, 1.54) is 24.3 Å². The topological polar surface area (TPSA) is 93.8 Å². The summed E-state index contributed by atoms with van der Waals surface area (Å²) in [5, 5.41) is 3.80. The standard InChI is InChI=1S/C10H9FN4O2/c11-6-1-3-7(4-2-6)15-10(17)13-9(16)8(5-12)14-15/h1-4H,5,12H2,(H,13,16,17). The van der Waals surface area contributed by atoms with Gasteiger partial charge in [-0.2, -0.15) is 9.78 Å². The second-order valence-electron chi connectivity index (χ2n) is 3.30. The molecule has 0 radical (unpaired) electrons. The van der Waals surface area contributed by atoms with E-state index < -0.39 is 17.1 Å². The van der Waals surface area contributed by atoms with Gasteiger partial charge in [-0.15, -0.1) is 0 Å². The van der Waals surface area contributed by atoms with Crippen LogP contribution in [0.25, 0.3) is 5.69 Å². The van der Waals surface area contributed by atoms with Crippen molar-refractivity contribution in [2.24, 2.45) is 5.73 Å². The van der Waals surface area contributed by atoms with E-state index in [4.69, 9.17) is 5.73 Å². The maximum atomic E-state index is 12.7. The molecule has 1 aromatic carbocycles. The lowest BCUT2D eigenvalue weighted by atomic mass is 10.3. The smallest absolute Gasteiger partial charge is 0.325 e. The molecule has 0 aliphatic rings. The van der Waals surface area contributed by atoms with E-state index in [1.807, 2.05) is 0 Å². The molecule has 1 aromatic heterocycles. The van der Waals surface area contributed by atoms with E-state index in [-0.39, 0.29) is 12.2 Å². The van der Waals surface area contributed by atoms with Crippen LogP contribution in [-0.4, -0.2) is 14.8 Å². The predicted molar refractivity (Wildman–Crippen MR) is 58.3 cm³/mol. The SMILES string of the molecule is NCc1nn(-c2ccc(F)cc2)c(=O)[nH]c1=O. The Morgan fingerprint density at radius 3 is 2.53 bits per heavy atom. The summed E-state index contributed by atoms with van der Waals surface area (Å²) >= 11 is 0. The highest BCUT2D eigenvalue weighted by Gasteiger charge is 2.06. The molecule has 0 amide bonds. The van der Waals surface area contributed by atoms with E-state index in [9.17, 15) is 14.0 Å². The van der Waals surface area contributed by atoms with Crippen LogP contribution < -0.4 is 17.0 Å². The molecule has 0 spiro atoms. The van der Waals surface area contributed by atoms with Gasteiger partial charge in [-0.05, 0) is 24.3 Å². The normalized spacial score (nSPS) is 10.5. The van der Waals surface area contributed by atoms with Crippen LogP contribution >= 0.6 is 0 Å². The maximum Gasteiger partial charge on any atom is 0.349 e. The Morgan fingerprint density at radius 2 is 1.94 bits per heavy atom. The predicted octanol–water partition coefficient (Wildman–Crippen LogP) is -0.481. The summed E-state index contributed by atoms with van der Waals surface area (Å²) < 4.78 is 13.7. The molecule has 7 heteroatoms. The molecular formula is C10H9FN4O2. The molecular weight excluding hydrogens is 227 g/mol. The molecule has 0 fully saturated rings. The van der Waals surface area contributed by atoms with Crippen LogP contribution in [0.2, 0.25) is 0 Å². The van der Waals surface area contributed by atoms with Gasteiger partial charge < -0.3 is 5.73 Å².